The average molecular weight is 259 g/mol. The first kappa shape index (κ1) is 13.4. The van der Waals surface area contributed by atoms with Crippen molar-refractivity contribution in [3.8, 4) is 11.5 Å². The van der Waals surface area contributed by atoms with Gasteiger partial charge in [-0.15, -0.1) is 0 Å². The highest BCUT2D eigenvalue weighted by Gasteiger charge is 2.08. The first-order valence-corrected chi connectivity index (χ1v) is 6.08. The predicted molar refractivity (Wildman–Crippen MR) is 72.2 cm³/mol. The van der Waals surface area contributed by atoms with Crippen molar-refractivity contribution in [3.05, 3.63) is 53.9 Å². The molecular formula is C15H17NO3. The van der Waals surface area contributed by atoms with Crippen molar-refractivity contribution in [2.24, 2.45) is 0 Å². The molecule has 0 aliphatic carbocycles. The Morgan fingerprint density at radius 3 is 2.74 bits per heavy atom. The molecule has 4 nitrogen and oxygen atoms in total. The highest BCUT2D eigenvalue weighted by atomic mass is 16.5. The zero-order valence-corrected chi connectivity index (χ0v) is 11.0. The van der Waals surface area contributed by atoms with Crippen molar-refractivity contribution in [2.75, 3.05) is 7.11 Å². The molecule has 0 amide bonds. The fourth-order valence-electron chi connectivity index (χ4n) is 1.71. The van der Waals surface area contributed by atoms with Crippen LogP contribution in [0.1, 0.15) is 24.2 Å². The van der Waals surface area contributed by atoms with Crippen molar-refractivity contribution in [2.45, 2.75) is 19.6 Å². The molecule has 19 heavy (non-hydrogen) atoms. The molecule has 1 atom stereocenters. The quantitative estimate of drug-likeness (QED) is 0.897. The summed E-state index contributed by atoms with van der Waals surface area (Å²) in [6.07, 6.45) is 2.96. The number of nitrogens with zero attached hydrogens (tertiary/aromatic N) is 1. The molecule has 1 aromatic carbocycles. The van der Waals surface area contributed by atoms with Gasteiger partial charge in [-0.2, -0.15) is 0 Å². The lowest BCUT2D eigenvalue weighted by Gasteiger charge is -2.13. The molecule has 0 saturated heterocycles. The number of hydrogen-bond donors (Lipinski definition) is 1. The SMILES string of the molecule is COc1cc([C@H](C)O)ccc1OCc1cccnc1. The summed E-state index contributed by atoms with van der Waals surface area (Å²) in [5, 5.41) is 9.54. The summed E-state index contributed by atoms with van der Waals surface area (Å²) in [6.45, 7) is 2.14. The Hall–Kier alpha value is -2.07. The number of aromatic nitrogens is 1. The van der Waals surface area contributed by atoms with Crippen LogP contribution in [0.15, 0.2) is 42.7 Å². The Morgan fingerprint density at radius 2 is 2.11 bits per heavy atom. The van der Waals surface area contributed by atoms with Gasteiger partial charge in [0.15, 0.2) is 11.5 Å². The van der Waals surface area contributed by atoms with Gasteiger partial charge in [-0.3, -0.25) is 4.98 Å². The van der Waals surface area contributed by atoms with E-state index in [2.05, 4.69) is 4.98 Å². The van der Waals surface area contributed by atoms with Crippen LogP contribution in [0, 0.1) is 0 Å². The van der Waals surface area contributed by atoms with Gasteiger partial charge in [0, 0.05) is 18.0 Å². The van der Waals surface area contributed by atoms with Crippen LogP contribution in [0.5, 0.6) is 11.5 Å². The molecule has 2 aromatic rings. The third-order valence-corrected chi connectivity index (χ3v) is 2.79. The van der Waals surface area contributed by atoms with Gasteiger partial charge in [-0.05, 0) is 30.7 Å². The number of methoxy groups -OCH3 is 1. The van der Waals surface area contributed by atoms with E-state index < -0.39 is 6.10 Å². The van der Waals surface area contributed by atoms with Crippen molar-refractivity contribution in [3.63, 3.8) is 0 Å². The molecule has 100 valence electrons. The summed E-state index contributed by atoms with van der Waals surface area (Å²) in [5.41, 5.74) is 1.79. The van der Waals surface area contributed by atoms with Crippen molar-refractivity contribution < 1.29 is 14.6 Å². The minimum atomic E-state index is -0.527. The first-order chi connectivity index (χ1) is 9.20. The number of aliphatic hydroxyl groups is 1. The zero-order chi connectivity index (χ0) is 13.7. The van der Waals surface area contributed by atoms with Gasteiger partial charge in [0.25, 0.3) is 0 Å². The number of benzene rings is 1. The van der Waals surface area contributed by atoms with Gasteiger partial charge in [0.1, 0.15) is 6.61 Å². The monoisotopic (exact) mass is 259 g/mol. The summed E-state index contributed by atoms with van der Waals surface area (Å²) < 4.78 is 11.0. The topological polar surface area (TPSA) is 51.6 Å². The fraction of sp³-hybridized carbons (Fsp3) is 0.267. The smallest absolute Gasteiger partial charge is 0.161 e. The molecule has 0 saturated carbocycles. The van der Waals surface area contributed by atoms with Gasteiger partial charge in [0.05, 0.1) is 13.2 Å². The van der Waals surface area contributed by atoms with Crippen LogP contribution < -0.4 is 9.47 Å². The molecule has 0 aliphatic heterocycles. The Kier molecular flexibility index (Phi) is 4.36. The Balaban J connectivity index is 2.12. The predicted octanol–water partition coefficient (Wildman–Crippen LogP) is 2.72. The van der Waals surface area contributed by atoms with Gasteiger partial charge in [-0.1, -0.05) is 12.1 Å². The van der Waals surface area contributed by atoms with E-state index in [-0.39, 0.29) is 0 Å². The Labute approximate surface area is 112 Å². The molecule has 1 heterocycles. The lowest BCUT2D eigenvalue weighted by molar-refractivity contribution is 0.198. The van der Waals surface area contributed by atoms with Crippen molar-refractivity contribution >= 4 is 0 Å². The van der Waals surface area contributed by atoms with Gasteiger partial charge in [-0.25, -0.2) is 0 Å². The van der Waals surface area contributed by atoms with E-state index in [1.165, 1.54) is 0 Å². The van der Waals surface area contributed by atoms with Crippen LogP contribution in [0.25, 0.3) is 0 Å². The molecule has 0 bridgehead atoms. The van der Waals surface area contributed by atoms with Crippen LogP contribution >= 0.6 is 0 Å². The van der Waals surface area contributed by atoms with Gasteiger partial charge >= 0.3 is 0 Å². The van der Waals surface area contributed by atoms with Crippen LogP contribution in [0.2, 0.25) is 0 Å². The van der Waals surface area contributed by atoms with Crippen molar-refractivity contribution in [1.29, 1.82) is 0 Å². The average Bonchev–Trinajstić information content (AvgIpc) is 2.45. The maximum atomic E-state index is 9.54. The van der Waals surface area contributed by atoms with E-state index in [1.807, 2.05) is 18.2 Å². The largest absolute Gasteiger partial charge is 0.493 e. The molecule has 0 radical (unpaired) electrons. The Morgan fingerprint density at radius 1 is 1.26 bits per heavy atom. The summed E-state index contributed by atoms with van der Waals surface area (Å²) in [4.78, 5) is 4.03. The maximum Gasteiger partial charge on any atom is 0.161 e. The van der Waals surface area contributed by atoms with E-state index >= 15 is 0 Å². The van der Waals surface area contributed by atoms with E-state index in [4.69, 9.17) is 9.47 Å². The highest BCUT2D eigenvalue weighted by molar-refractivity contribution is 5.43. The number of pyridine rings is 1. The van der Waals surface area contributed by atoms with Crippen LogP contribution in [-0.4, -0.2) is 17.2 Å². The minimum Gasteiger partial charge on any atom is -0.493 e. The lowest BCUT2D eigenvalue weighted by atomic mass is 10.1. The third kappa shape index (κ3) is 3.45. The van der Waals surface area contributed by atoms with E-state index in [1.54, 1.807) is 38.6 Å². The summed E-state index contributed by atoms with van der Waals surface area (Å²) in [5.74, 6) is 1.26. The molecule has 0 fully saturated rings. The van der Waals surface area contributed by atoms with Gasteiger partial charge < -0.3 is 14.6 Å². The fourth-order valence-corrected chi connectivity index (χ4v) is 1.71. The molecule has 0 spiro atoms. The number of rotatable bonds is 5. The van der Waals surface area contributed by atoms with Crippen molar-refractivity contribution in [1.82, 2.24) is 4.98 Å². The maximum absolute atomic E-state index is 9.54. The molecular weight excluding hydrogens is 242 g/mol. The molecule has 0 aliphatic rings. The summed E-state index contributed by atoms with van der Waals surface area (Å²) >= 11 is 0. The zero-order valence-electron chi connectivity index (χ0n) is 11.0. The molecule has 1 N–H and O–H groups in total. The third-order valence-electron chi connectivity index (χ3n) is 2.79. The second-order valence-electron chi connectivity index (χ2n) is 4.24. The standard InChI is InChI=1S/C15H17NO3/c1-11(17)13-5-6-14(15(8-13)18-2)19-10-12-4-3-7-16-9-12/h3-9,11,17H,10H2,1-2H3/t11-/m0/s1. The van der Waals surface area contributed by atoms with E-state index in [9.17, 15) is 5.11 Å². The van der Waals surface area contributed by atoms with Crippen LogP contribution in [-0.2, 0) is 6.61 Å². The normalized spacial score (nSPS) is 11.9. The number of aliphatic hydroxyl groups excluding tert-OH is 1. The summed E-state index contributed by atoms with van der Waals surface area (Å²) in [7, 11) is 1.58. The minimum absolute atomic E-state index is 0.429. The Bertz CT molecular complexity index is 526. The molecule has 2 rings (SSSR count). The highest BCUT2D eigenvalue weighted by Crippen LogP contribution is 2.30. The lowest BCUT2D eigenvalue weighted by Crippen LogP contribution is -1.99. The first-order valence-electron chi connectivity index (χ1n) is 6.08. The van der Waals surface area contributed by atoms with Crippen LogP contribution in [0.3, 0.4) is 0 Å². The van der Waals surface area contributed by atoms with E-state index in [0.717, 1.165) is 11.1 Å². The molecule has 0 unspecified atom stereocenters. The van der Waals surface area contributed by atoms with Crippen LogP contribution in [0.4, 0.5) is 0 Å². The second-order valence-corrected chi connectivity index (χ2v) is 4.24. The summed E-state index contributed by atoms with van der Waals surface area (Å²) in [6, 6.07) is 9.22. The molecule has 1 aromatic heterocycles. The molecule has 4 heteroatoms. The van der Waals surface area contributed by atoms with Gasteiger partial charge in [0.2, 0.25) is 0 Å². The second kappa shape index (κ2) is 6.20. The number of ether oxygens (including phenoxy) is 2. The number of hydrogen-bond acceptors (Lipinski definition) is 4. The van der Waals surface area contributed by atoms with E-state index in [0.29, 0.717) is 18.1 Å².